The first-order chi connectivity index (χ1) is 8.69. The molecule has 1 aromatic rings. The fraction of sp³-hybridized carbons (Fsp3) is 0.286. The van der Waals surface area contributed by atoms with Crippen molar-refractivity contribution in [3.05, 3.63) is 41.5 Å². The van der Waals surface area contributed by atoms with Gasteiger partial charge in [0.05, 0.1) is 17.7 Å². The molecule has 0 bridgehead atoms. The average Bonchev–Trinajstić information content (AvgIpc) is 2.83. The van der Waals surface area contributed by atoms with E-state index in [-0.39, 0.29) is 5.91 Å². The highest BCUT2D eigenvalue weighted by Crippen LogP contribution is 2.10. The van der Waals surface area contributed by atoms with Crippen LogP contribution in [0.1, 0.15) is 17.5 Å². The van der Waals surface area contributed by atoms with E-state index in [1.807, 2.05) is 6.07 Å². The third kappa shape index (κ3) is 2.96. The van der Waals surface area contributed by atoms with Gasteiger partial charge >= 0.3 is 0 Å². The van der Waals surface area contributed by atoms with Crippen LogP contribution in [0.4, 0.5) is 0 Å². The number of carbonyl (C=O) groups excluding carboxylic acids is 1. The van der Waals surface area contributed by atoms with Crippen molar-refractivity contribution in [3.63, 3.8) is 0 Å². The number of aliphatic hydroxyl groups is 1. The van der Waals surface area contributed by atoms with Crippen LogP contribution in [0.3, 0.4) is 0 Å². The summed E-state index contributed by atoms with van der Waals surface area (Å²) in [5, 5.41) is 18.0. The Kier molecular flexibility index (Phi) is 3.75. The fourth-order valence-electron chi connectivity index (χ4n) is 1.88. The number of hydrogen-bond acceptors (Lipinski definition) is 3. The molecule has 0 saturated carbocycles. The smallest absolute Gasteiger partial charge is 0.246 e. The number of carbonyl (C=O) groups is 1. The molecule has 1 N–H and O–H groups in total. The summed E-state index contributed by atoms with van der Waals surface area (Å²) in [4.78, 5) is 13.4. The van der Waals surface area contributed by atoms with Crippen molar-refractivity contribution < 1.29 is 9.90 Å². The van der Waals surface area contributed by atoms with Crippen LogP contribution in [-0.4, -0.2) is 35.1 Å². The van der Waals surface area contributed by atoms with Gasteiger partial charge in [-0.15, -0.1) is 0 Å². The van der Waals surface area contributed by atoms with E-state index in [0.717, 1.165) is 5.56 Å². The van der Waals surface area contributed by atoms with E-state index in [0.29, 0.717) is 25.1 Å². The van der Waals surface area contributed by atoms with Crippen LogP contribution in [0.25, 0.3) is 6.08 Å². The van der Waals surface area contributed by atoms with Gasteiger partial charge in [0.15, 0.2) is 0 Å². The van der Waals surface area contributed by atoms with E-state index >= 15 is 0 Å². The maximum absolute atomic E-state index is 11.8. The van der Waals surface area contributed by atoms with Crippen molar-refractivity contribution in [2.24, 2.45) is 0 Å². The molecule has 0 radical (unpaired) electrons. The maximum atomic E-state index is 11.8. The first kappa shape index (κ1) is 12.3. The lowest BCUT2D eigenvalue weighted by Gasteiger charge is -2.12. The minimum Gasteiger partial charge on any atom is -0.391 e. The first-order valence-electron chi connectivity index (χ1n) is 5.84. The summed E-state index contributed by atoms with van der Waals surface area (Å²) in [6, 6.07) is 9.05. The van der Waals surface area contributed by atoms with Crippen molar-refractivity contribution in [3.8, 4) is 6.07 Å². The normalized spacial score (nSPS) is 19.1. The molecule has 18 heavy (non-hydrogen) atoms. The molecule has 1 aliphatic heterocycles. The Labute approximate surface area is 106 Å². The zero-order valence-electron chi connectivity index (χ0n) is 9.91. The van der Waals surface area contributed by atoms with Crippen LogP contribution in [0.5, 0.6) is 0 Å². The summed E-state index contributed by atoms with van der Waals surface area (Å²) in [6.45, 7) is 1.02. The van der Waals surface area contributed by atoms with E-state index in [4.69, 9.17) is 5.26 Å². The van der Waals surface area contributed by atoms with Crippen molar-refractivity contribution in [1.29, 1.82) is 5.26 Å². The van der Waals surface area contributed by atoms with Gasteiger partial charge in [-0.25, -0.2) is 0 Å². The van der Waals surface area contributed by atoms with Gasteiger partial charge in [0.1, 0.15) is 0 Å². The minimum absolute atomic E-state index is 0.0871. The number of nitriles is 1. The molecule has 1 amide bonds. The lowest BCUT2D eigenvalue weighted by molar-refractivity contribution is -0.125. The second-order valence-electron chi connectivity index (χ2n) is 4.29. The average molecular weight is 242 g/mol. The van der Waals surface area contributed by atoms with Crippen LogP contribution >= 0.6 is 0 Å². The van der Waals surface area contributed by atoms with Gasteiger partial charge in [0.25, 0.3) is 0 Å². The van der Waals surface area contributed by atoms with Crippen LogP contribution in [0, 0.1) is 11.3 Å². The highest BCUT2D eigenvalue weighted by molar-refractivity contribution is 5.92. The molecule has 0 aliphatic carbocycles. The highest BCUT2D eigenvalue weighted by atomic mass is 16.3. The molecule has 1 aliphatic rings. The van der Waals surface area contributed by atoms with Crippen molar-refractivity contribution in [2.45, 2.75) is 12.5 Å². The van der Waals surface area contributed by atoms with Gasteiger partial charge in [0, 0.05) is 19.2 Å². The molecule has 1 atom stereocenters. The zero-order valence-corrected chi connectivity index (χ0v) is 9.91. The predicted molar refractivity (Wildman–Crippen MR) is 67.4 cm³/mol. The van der Waals surface area contributed by atoms with E-state index in [1.54, 1.807) is 35.2 Å². The second kappa shape index (κ2) is 5.48. The Bertz CT molecular complexity index is 500. The first-order valence-corrected chi connectivity index (χ1v) is 5.84. The number of nitrogens with zero attached hydrogens (tertiary/aromatic N) is 2. The van der Waals surface area contributed by atoms with Crippen molar-refractivity contribution >= 4 is 12.0 Å². The lowest BCUT2D eigenvalue weighted by atomic mass is 10.1. The van der Waals surface area contributed by atoms with Gasteiger partial charge in [-0.2, -0.15) is 5.26 Å². The third-order valence-electron chi connectivity index (χ3n) is 2.93. The molecule has 1 saturated heterocycles. The molecular formula is C14H14N2O2. The molecule has 1 aromatic carbocycles. The molecule has 1 heterocycles. The number of aliphatic hydroxyl groups excluding tert-OH is 1. The topological polar surface area (TPSA) is 64.3 Å². The molecule has 0 unspecified atom stereocenters. The number of likely N-dealkylation sites (tertiary alicyclic amines) is 1. The number of hydrogen-bond donors (Lipinski definition) is 1. The summed E-state index contributed by atoms with van der Waals surface area (Å²) < 4.78 is 0. The number of rotatable bonds is 2. The SMILES string of the molecule is N#Cc1ccc(C=CC(=O)N2CC[C@@H](O)C2)cc1. The Morgan fingerprint density at radius 1 is 1.44 bits per heavy atom. The molecule has 4 heteroatoms. The Hall–Kier alpha value is -2.12. The minimum atomic E-state index is -0.391. The summed E-state index contributed by atoms with van der Waals surface area (Å²) >= 11 is 0. The molecular weight excluding hydrogens is 228 g/mol. The zero-order chi connectivity index (χ0) is 13.0. The van der Waals surface area contributed by atoms with Gasteiger partial charge < -0.3 is 10.0 Å². The molecule has 92 valence electrons. The number of benzene rings is 1. The van der Waals surface area contributed by atoms with E-state index in [2.05, 4.69) is 0 Å². The summed E-state index contributed by atoms with van der Waals surface area (Å²) in [5.41, 5.74) is 1.48. The fourth-order valence-corrected chi connectivity index (χ4v) is 1.88. The summed E-state index contributed by atoms with van der Waals surface area (Å²) in [7, 11) is 0. The van der Waals surface area contributed by atoms with Gasteiger partial charge in [-0.3, -0.25) is 4.79 Å². The second-order valence-corrected chi connectivity index (χ2v) is 4.29. The molecule has 0 aromatic heterocycles. The molecule has 4 nitrogen and oxygen atoms in total. The van der Waals surface area contributed by atoms with E-state index < -0.39 is 6.10 Å². The Morgan fingerprint density at radius 2 is 2.17 bits per heavy atom. The van der Waals surface area contributed by atoms with E-state index in [1.165, 1.54) is 6.08 Å². The van der Waals surface area contributed by atoms with Crippen LogP contribution in [-0.2, 0) is 4.79 Å². The highest BCUT2D eigenvalue weighted by Gasteiger charge is 2.22. The quantitative estimate of drug-likeness (QED) is 0.792. The predicted octanol–water partition coefficient (Wildman–Crippen LogP) is 1.16. The lowest BCUT2D eigenvalue weighted by Crippen LogP contribution is -2.27. The van der Waals surface area contributed by atoms with Crippen LogP contribution < -0.4 is 0 Å². The standard InChI is InChI=1S/C14H14N2O2/c15-9-12-3-1-11(2-4-12)5-6-14(18)16-8-7-13(17)10-16/h1-6,13,17H,7-8,10H2/t13-/m1/s1. The number of amides is 1. The van der Waals surface area contributed by atoms with Gasteiger partial charge in [-0.1, -0.05) is 12.1 Å². The number of β-amino-alcohol motifs (C(OH)–C–C–N with tert-alkyl or cyclic N) is 1. The monoisotopic (exact) mass is 242 g/mol. The third-order valence-corrected chi connectivity index (χ3v) is 2.93. The molecule has 0 spiro atoms. The molecule has 1 fully saturated rings. The molecule has 2 rings (SSSR count). The van der Waals surface area contributed by atoms with Crippen LogP contribution in [0.2, 0.25) is 0 Å². The van der Waals surface area contributed by atoms with Crippen molar-refractivity contribution in [1.82, 2.24) is 4.90 Å². The maximum Gasteiger partial charge on any atom is 0.246 e. The van der Waals surface area contributed by atoms with E-state index in [9.17, 15) is 9.90 Å². The van der Waals surface area contributed by atoms with Crippen LogP contribution in [0.15, 0.2) is 30.3 Å². The Balaban J connectivity index is 1.97. The largest absolute Gasteiger partial charge is 0.391 e. The summed E-state index contributed by atoms with van der Waals surface area (Å²) in [5.74, 6) is -0.0871. The summed E-state index contributed by atoms with van der Waals surface area (Å²) in [6.07, 6.45) is 3.47. The Morgan fingerprint density at radius 3 is 2.72 bits per heavy atom. The van der Waals surface area contributed by atoms with Gasteiger partial charge in [-0.05, 0) is 30.2 Å². The van der Waals surface area contributed by atoms with Crippen molar-refractivity contribution in [2.75, 3.05) is 13.1 Å². The van der Waals surface area contributed by atoms with Gasteiger partial charge in [0.2, 0.25) is 5.91 Å².